The topological polar surface area (TPSA) is 17.1 Å². The van der Waals surface area contributed by atoms with Crippen molar-refractivity contribution in [3.63, 3.8) is 0 Å². The Morgan fingerprint density at radius 2 is 0.727 bits per heavy atom. The third-order valence-corrected chi connectivity index (χ3v) is 9.82. The molecular weight excluding hydrogens is 375 g/mol. The summed E-state index contributed by atoms with van der Waals surface area (Å²) in [6, 6.07) is 0. The van der Waals surface area contributed by atoms with Crippen molar-refractivity contribution in [2.24, 2.45) is 0 Å². The molecule has 132 valence electrons. The van der Waals surface area contributed by atoms with Crippen molar-refractivity contribution in [2.45, 2.75) is 125 Å². The molecule has 0 bridgehead atoms. The average molecular weight is 417 g/mol. The zero-order chi connectivity index (χ0) is 16.3. The summed E-state index contributed by atoms with van der Waals surface area (Å²) in [5, 5.41) is 0. The van der Waals surface area contributed by atoms with Crippen molar-refractivity contribution < 1.29 is 3.08 Å². The molecule has 2 heteroatoms. The van der Waals surface area contributed by atoms with Gasteiger partial charge in [-0.1, -0.05) is 0 Å². The van der Waals surface area contributed by atoms with Crippen molar-refractivity contribution in [2.75, 3.05) is 0 Å². The Balaban J connectivity index is 3.13. The quantitative estimate of drug-likeness (QED) is 0.165. The van der Waals surface area contributed by atoms with Crippen molar-refractivity contribution in [1.82, 2.24) is 0 Å². The zero-order valence-electron chi connectivity index (χ0n) is 15.6. The fourth-order valence-electron chi connectivity index (χ4n) is 3.04. The van der Waals surface area contributed by atoms with E-state index in [0.29, 0.717) is 0 Å². The molecule has 0 saturated carbocycles. The van der Waals surface area contributed by atoms with E-state index in [0.717, 1.165) is 8.87 Å². The van der Waals surface area contributed by atoms with Gasteiger partial charge in [0.2, 0.25) is 0 Å². The molecule has 0 aromatic rings. The number of hydrogen-bond acceptors (Lipinski definition) is 1. The van der Waals surface area contributed by atoms with Gasteiger partial charge in [-0.15, -0.1) is 0 Å². The van der Waals surface area contributed by atoms with E-state index in [-0.39, 0.29) is 0 Å². The van der Waals surface area contributed by atoms with Gasteiger partial charge in [-0.2, -0.15) is 0 Å². The second-order valence-electron chi connectivity index (χ2n) is 6.99. The first kappa shape index (κ1) is 22.6. The Kier molecular flexibility index (Phi) is 20.2. The van der Waals surface area contributed by atoms with E-state index >= 15 is 0 Å². The van der Waals surface area contributed by atoms with Crippen LogP contribution in [0.3, 0.4) is 0 Å². The Morgan fingerprint density at radius 1 is 0.455 bits per heavy atom. The zero-order valence-corrected chi connectivity index (χ0v) is 18.5. The summed E-state index contributed by atoms with van der Waals surface area (Å²) in [6.45, 7) is 4.54. The molecule has 22 heavy (non-hydrogen) atoms. The van der Waals surface area contributed by atoms with Crippen LogP contribution < -0.4 is 0 Å². The normalized spacial score (nSPS) is 11.0. The first-order chi connectivity index (χ1) is 10.8. The van der Waals surface area contributed by atoms with Crippen LogP contribution in [0.4, 0.5) is 0 Å². The van der Waals surface area contributed by atoms with Crippen molar-refractivity contribution in [1.29, 1.82) is 0 Å². The van der Waals surface area contributed by atoms with Gasteiger partial charge in [-0.05, 0) is 0 Å². The summed E-state index contributed by atoms with van der Waals surface area (Å²) in [5.41, 5.74) is 0. The van der Waals surface area contributed by atoms with E-state index in [1.807, 2.05) is 0 Å². The van der Waals surface area contributed by atoms with Crippen LogP contribution in [0.2, 0.25) is 8.87 Å². The Hall–Kier alpha value is 0.599. The summed E-state index contributed by atoms with van der Waals surface area (Å²) >= 11 is -2.14. The van der Waals surface area contributed by atoms with Gasteiger partial charge in [0.15, 0.2) is 0 Å². The van der Waals surface area contributed by atoms with Crippen LogP contribution in [0.15, 0.2) is 0 Å². The fraction of sp³-hybridized carbons (Fsp3) is 1.00. The Labute approximate surface area is 148 Å². The van der Waals surface area contributed by atoms with Crippen LogP contribution in [0.5, 0.6) is 0 Å². The third kappa shape index (κ3) is 18.6. The van der Waals surface area contributed by atoms with Crippen molar-refractivity contribution >= 4 is 19.7 Å². The van der Waals surface area contributed by atoms with Gasteiger partial charge in [0.25, 0.3) is 0 Å². The van der Waals surface area contributed by atoms with E-state index in [2.05, 4.69) is 13.8 Å². The molecule has 0 N–H and O–H groups in total. The molecule has 0 heterocycles. The van der Waals surface area contributed by atoms with Gasteiger partial charge < -0.3 is 0 Å². The molecule has 0 spiro atoms. The molecular formula is C20H42OSn. The van der Waals surface area contributed by atoms with Crippen LogP contribution in [-0.4, -0.2) is 19.7 Å². The molecule has 0 fully saturated rings. The maximum absolute atomic E-state index is 12.1. The first-order valence-electron chi connectivity index (χ1n) is 10.3. The molecule has 0 aliphatic carbocycles. The van der Waals surface area contributed by atoms with Gasteiger partial charge in [0.05, 0.1) is 0 Å². The predicted molar refractivity (Wildman–Crippen MR) is 101 cm³/mol. The van der Waals surface area contributed by atoms with E-state index in [9.17, 15) is 3.08 Å². The van der Waals surface area contributed by atoms with Gasteiger partial charge in [0.1, 0.15) is 0 Å². The molecule has 0 amide bonds. The number of rotatable bonds is 18. The average Bonchev–Trinajstić information content (AvgIpc) is 2.52. The van der Waals surface area contributed by atoms with Crippen LogP contribution in [0.25, 0.3) is 0 Å². The van der Waals surface area contributed by atoms with Crippen molar-refractivity contribution in [3.8, 4) is 0 Å². The number of unbranched alkanes of at least 4 members (excludes halogenated alkanes) is 14. The molecule has 0 aliphatic rings. The van der Waals surface area contributed by atoms with Crippen LogP contribution in [0, 0.1) is 0 Å². The summed E-state index contributed by atoms with van der Waals surface area (Å²) in [5.74, 6) is 0. The predicted octanol–water partition coefficient (Wildman–Crippen LogP) is 7.69. The summed E-state index contributed by atoms with van der Waals surface area (Å²) in [7, 11) is 0. The molecule has 0 aliphatic heterocycles. The Morgan fingerprint density at radius 3 is 1.05 bits per heavy atom. The maximum atomic E-state index is 12.1. The first-order valence-corrected chi connectivity index (χ1v) is 15.5. The van der Waals surface area contributed by atoms with Gasteiger partial charge in [-0.25, -0.2) is 0 Å². The fourth-order valence-corrected chi connectivity index (χ4v) is 7.43. The SMILES string of the molecule is CCCCCCCCC[CH2][Sn](=[O])[CH2]CCCCCCCCC. The minimum atomic E-state index is -2.14. The molecule has 0 atom stereocenters. The molecule has 0 rings (SSSR count). The monoisotopic (exact) mass is 418 g/mol. The third-order valence-electron chi connectivity index (χ3n) is 4.62. The van der Waals surface area contributed by atoms with Crippen LogP contribution in [0.1, 0.15) is 117 Å². The summed E-state index contributed by atoms with van der Waals surface area (Å²) in [6.07, 6.45) is 21.8. The van der Waals surface area contributed by atoms with Gasteiger partial charge in [0, 0.05) is 0 Å². The minimum absolute atomic E-state index is 1.12. The molecule has 0 aromatic heterocycles. The molecule has 0 unspecified atom stereocenters. The molecule has 0 radical (unpaired) electrons. The van der Waals surface area contributed by atoms with Crippen molar-refractivity contribution in [3.05, 3.63) is 0 Å². The summed E-state index contributed by atoms with van der Waals surface area (Å²) in [4.78, 5) is 0. The van der Waals surface area contributed by atoms with Crippen LogP contribution >= 0.6 is 0 Å². The standard InChI is InChI=1S/2C10H21.O.Sn/c2*1-3-5-7-9-10-8-6-4-2;;/h2*1,3-10H2,2H3;;. The van der Waals surface area contributed by atoms with E-state index in [4.69, 9.17) is 0 Å². The summed E-state index contributed by atoms with van der Waals surface area (Å²) < 4.78 is 14.3. The van der Waals surface area contributed by atoms with E-state index < -0.39 is 19.7 Å². The second kappa shape index (κ2) is 19.6. The molecule has 1 nitrogen and oxygen atoms in total. The molecule has 0 saturated heterocycles. The Bertz CT molecular complexity index is 206. The van der Waals surface area contributed by atoms with E-state index in [1.54, 1.807) is 0 Å². The van der Waals surface area contributed by atoms with Gasteiger partial charge in [-0.3, -0.25) is 0 Å². The van der Waals surface area contributed by atoms with E-state index in [1.165, 1.54) is 103 Å². The molecule has 0 aromatic carbocycles. The van der Waals surface area contributed by atoms with Crippen LogP contribution in [-0.2, 0) is 3.08 Å². The van der Waals surface area contributed by atoms with Gasteiger partial charge >= 0.3 is 148 Å². The second-order valence-corrected chi connectivity index (χ2v) is 12.9. The number of hydrogen-bond donors (Lipinski definition) is 0.